The van der Waals surface area contributed by atoms with E-state index in [1.165, 1.54) is 17.5 Å². The third-order valence-electron chi connectivity index (χ3n) is 3.00. The second-order valence-corrected chi connectivity index (χ2v) is 6.89. The van der Waals surface area contributed by atoms with E-state index < -0.39 is 16.9 Å². The van der Waals surface area contributed by atoms with Crippen molar-refractivity contribution in [2.24, 2.45) is 0 Å². The van der Waals surface area contributed by atoms with Crippen LogP contribution in [0.25, 0.3) is 5.69 Å². The topological polar surface area (TPSA) is 56.5 Å². The minimum absolute atomic E-state index is 0.139. The summed E-state index contributed by atoms with van der Waals surface area (Å²) in [5, 5.41) is 8.93. The van der Waals surface area contributed by atoms with Crippen LogP contribution in [0.1, 0.15) is 21.4 Å². The van der Waals surface area contributed by atoms with Gasteiger partial charge in [0, 0.05) is 12.5 Å². The molecule has 24 heavy (non-hydrogen) atoms. The molecule has 0 spiro atoms. The third kappa shape index (κ3) is 3.52. The molecule has 3 aromatic rings. The average molecular weight is 394 g/mol. The Bertz CT molecular complexity index is 890. The largest absolute Gasteiger partial charge is 0.366 e. The van der Waals surface area contributed by atoms with Crippen molar-refractivity contribution in [2.75, 3.05) is 0 Å². The van der Waals surface area contributed by atoms with E-state index in [1.54, 1.807) is 6.92 Å². The summed E-state index contributed by atoms with van der Waals surface area (Å²) in [6, 6.07) is 2.18. The minimum Gasteiger partial charge on any atom is -0.239 e. The first-order chi connectivity index (χ1) is 11.2. The molecule has 0 aliphatic carbocycles. The number of nitrogens with zero attached hydrogens (tertiary/aromatic N) is 5. The molecular formula is C13H8Cl2F3N5S. The maximum Gasteiger partial charge on any atom is 0.366 e. The molecule has 0 aliphatic heterocycles. The van der Waals surface area contributed by atoms with Crippen molar-refractivity contribution in [1.29, 1.82) is 0 Å². The van der Waals surface area contributed by atoms with Crippen LogP contribution in [-0.2, 0) is 11.8 Å². The predicted molar refractivity (Wildman–Crippen MR) is 83.5 cm³/mol. The fraction of sp³-hybridized carbons (Fsp3) is 0.231. The molecular weight excluding hydrogens is 386 g/mol. The number of hydrogen-bond donors (Lipinski definition) is 0. The number of pyridine rings is 1. The molecule has 0 atom stereocenters. The van der Waals surface area contributed by atoms with Gasteiger partial charge in [-0.15, -0.1) is 21.5 Å². The smallest absolute Gasteiger partial charge is 0.239 e. The molecule has 0 fully saturated rings. The molecule has 0 aromatic carbocycles. The summed E-state index contributed by atoms with van der Waals surface area (Å²) >= 11 is 11.9. The number of aryl methyl sites for hydroxylation is 1. The van der Waals surface area contributed by atoms with Crippen LogP contribution in [0, 0.1) is 12.7 Å². The van der Waals surface area contributed by atoms with Crippen molar-refractivity contribution in [3.63, 3.8) is 0 Å². The van der Waals surface area contributed by atoms with Crippen molar-refractivity contribution < 1.29 is 13.2 Å². The van der Waals surface area contributed by atoms with E-state index >= 15 is 0 Å². The number of rotatable bonds is 4. The van der Waals surface area contributed by atoms with Gasteiger partial charge in [-0.2, -0.15) is 13.9 Å². The maximum atomic E-state index is 13.6. The van der Waals surface area contributed by atoms with Crippen molar-refractivity contribution in [1.82, 2.24) is 25.0 Å². The quantitative estimate of drug-likeness (QED) is 0.494. The third-order valence-corrected chi connectivity index (χ3v) is 4.31. The normalized spacial score (nSPS) is 11.9. The highest BCUT2D eigenvalue weighted by Crippen LogP contribution is 2.33. The number of hydrogen-bond acceptors (Lipinski definition) is 5. The van der Waals surface area contributed by atoms with Gasteiger partial charge >= 0.3 is 5.38 Å². The summed E-state index contributed by atoms with van der Waals surface area (Å²) in [5.74, 6) is -0.790. The van der Waals surface area contributed by atoms with E-state index in [1.807, 2.05) is 0 Å². The van der Waals surface area contributed by atoms with Gasteiger partial charge in [0.2, 0.25) is 0 Å². The minimum atomic E-state index is -3.66. The lowest BCUT2D eigenvalue weighted by Gasteiger charge is -2.06. The molecule has 0 bridgehead atoms. The zero-order valence-corrected chi connectivity index (χ0v) is 14.3. The van der Waals surface area contributed by atoms with Crippen molar-refractivity contribution in [3.8, 4) is 5.69 Å². The van der Waals surface area contributed by atoms with E-state index in [-0.39, 0.29) is 17.3 Å². The van der Waals surface area contributed by atoms with Crippen molar-refractivity contribution in [2.45, 2.75) is 18.7 Å². The molecule has 3 rings (SSSR count). The van der Waals surface area contributed by atoms with Crippen LogP contribution in [0.3, 0.4) is 0 Å². The summed E-state index contributed by atoms with van der Waals surface area (Å²) in [7, 11) is 0. The van der Waals surface area contributed by atoms with Crippen LogP contribution in [0.5, 0.6) is 0 Å². The van der Waals surface area contributed by atoms with Crippen LogP contribution in [0.15, 0.2) is 18.3 Å². The number of aromatic nitrogens is 5. The summed E-state index contributed by atoms with van der Waals surface area (Å²) in [6.07, 6.45) is 1.40. The lowest BCUT2D eigenvalue weighted by Crippen LogP contribution is -2.07. The maximum absolute atomic E-state index is 13.6. The summed E-state index contributed by atoms with van der Waals surface area (Å²) in [6.45, 7) is 1.77. The lowest BCUT2D eigenvalue weighted by atomic mass is 10.2. The van der Waals surface area contributed by atoms with Crippen LogP contribution < -0.4 is 0 Å². The van der Waals surface area contributed by atoms with E-state index in [2.05, 4.69) is 20.3 Å². The standard InChI is InChI=1S/C13H8Cl2F3N5S/c1-6-20-21-11(24-6)4-7-3-10(13(15,17)18)22-23(7)8-2-9(16)12(14)19-5-8/h2-3,5H,4H2,1H3. The first-order valence-electron chi connectivity index (χ1n) is 6.50. The van der Waals surface area contributed by atoms with Gasteiger partial charge in [0.05, 0.1) is 17.6 Å². The van der Waals surface area contributed by atoms with Gasteiger partial charge in [0.1, 0.15) is 15.7 Å². The fourth-order valence-electron chi connectivity index (χ4n) is 2.00. The molecule has 0 saturated heterocycles. The molecule has 11 heteroatoms. The summed E-state index contributed by atoms with van der Waals surface area (Å²) < 4.78 is 41.6. The zero-order valence-electron chi connectivity index (χ0n) is 12.0. The Morgan fingerprint density at radius 1 is 1.29 bits per heavy atom. The predicted octanol–water partition coefficient (Wildman–Crippen LogP) is 4.10. The first kappa shape index (κ1) is 17.1. The van der Waals surface area contributed by atoms with Crippen LogP contribution in [-0.4, -0.2) is 25.0 Å². The lowest BCUT2D eigenvalue weighted by molar-refractivity contribution is 0.0895. The Hall–Kier alpha value is -1.71. The summed E-state index contributed by atoms with van der Waals surface area (Å²) in [4.78, 5) is 3.66. The molecule has 5 nitrogen and oxygen atoms in total. The molecule has 0 saturated carbocycles. The van der Waals surface area contributed by atoms with Crippen molar-refractivity contribution in [3.05, 3.63) is 50.7 Å². The number of alkyl halides is 3. The van der Waals surface area contributed by atoms with E-state index in [4.69, 9.17) is 23.2 Å². The van der Waals surface area contributed by atoms with Gasteiger partial charge in [-0.05, 0) is 24.6 Å². The van der Waals surface area contributed by atoms with Crippen LogP contribution in [0.4, 0.5) is 13.2 Å². The molecule has 0 radical (unpaired) electrons. The van der Waals surface area contributed by atoms with Crippen LogP contribution >= 0.6 is 34.5 Å². The second kappa shape index (κ2) is 6.30. The average Bonchev–Trinajstić information content (AvgIpc) is 3.09. The second-order valence-electron chi connectivity index (χ2n) is 4.79. The van der Waals surface area contributed by atoms with Crippen molar-refractivity contribution >= 4 is 34.5 Å². The van der Waals surface area contributed by atoms with E-state index in [0.717, 1.165) is 21.8 Å². The van der Waals surface area contributed by atoms with Crippen LogP contribution in [0.2, 0.25) is 5.15 Å². The Labute approximate surface area is 148 Å². The Morgan fingerprint density at radius 2 is 2.04 bits per heavy atom. The Balaban J connectivity index is 2.08. The molecule has 0 aliphatic rings. The zero-order chi connectivity index (χ0) is 17.5. The van der Waals surface area contributed by atoms with Gasteiger partial charge in [-0.3, -0.25) is 0 Å². The summed E-state index contributed by atoms with van der Waals surface area (Å²) in [5.41, 5.74) is -0.180. The first-order valence-corrected chi connectivity index (χ1v) is 8.08. The van der Waals surface area contributed by atoms with Gasteiger partial charge in [0.15, 0.2) is 11.0 Å². The van der Waals surface area contributed by atoms with E-state index in [0.29, 0.717) is 10.7 Å². The molecule has 0 amide bonds. The number of halogens is 5. The Kier molecular flexibility index (Phi) is 4.50. The van der Waals surface area contributed by atoms with E-state index in [9.17, 15) is 13.2 Å². The molecule has 0 unspecified atom stereocenters. The molecule has 0 N–H and O–H groups in total. The van der Waals surface area contributed by atoms with Gasteiger partial charge < -0.3 is 0 Å². The highest BCUT2D eigenvalue weighted by Gasteiger charge is 2.33. The van der Waals surface area contributed by atoms with Gasteiger partial charge in [-0.1, -0.05) is 11.6 Å². The highest BCUT2D eigenvalue weighted by atomic mass is 35.5. The molecule has 3 aromatic heterocycles. The van der Waals surface area contributed by atoms with Gasteiger partial charge in [0.25, 0.3) is 0 Å². The fourth-order valence-corrected chi connectivity index (χ4v) is 2.92. The molecule has 126 valence electrons. The molecule has 3 heterocycles. The highest BCUT2D eigenvalue weighted by molar-refractivity contribution is 7.11. The monoisotopic (exact) mass is 393 g/mol. The van der Waals surface area contributed by atoms with Gasteiger partial charge in [-0.25, -0.2) is 14.1 Å². The Morgan fingerprint density at radius 3 is 2.62 bits per heavy atom. The SMILES string of the molecule is Cc1nnc(Cc2cc(C(F)(F)Cl)nn2-c2cnc(Cl)c(F)c2)s1.